The standard InChI is InChI=1S/C18H18N2O3S2/c1-3-12-6-7-13(24-12)17-14(9-16(21)22)25-18(20-17)11-5-8-15(19-10-11)23-4-2/h5-8,10H,3-4,9H2,1-2H3,(H,21,22)/p-1. The number of hydrogen-bond donors (Lipinski definition) is 0. The largest absolute Gasteiger partial charge is 0.550 e. The number of carboxylic acids is 1. The molecule has 130 valence electrons. The fraction of sp³-hybridized carbons (Fsp3) is 0.278. The van der Waals surface area contributed by atoms with Crippen molar-refractivity contribution in [2.45, 2.75) is 26.7 Å². The van der Waals surface area contributed by atoms with Crippen LogP contribution in [-0.2, 0) is 17.6 Å². The molecule has 5 nitrogen and oxygen atoms in total. The predicted octanol–water partition coefficient (Wildman–Crippen LogP) is 3.19. The van der Waals surface area contributed by atoms with E-state index in [1.54, 1.807) is 23.6 Å². The van der Waals surface area contributed by atoms with Gasteiger partial charge in [0.25, 0.3) is 0 Å². The zero-order valence-electron chi connectivity index (χ0n) is 13.9. The van der Waals surface area contributed by atoms with Gasteiger partial charge in [-0.1, -0.05) is 6.92 Å². The number of thiophene rings is 1. The molecule has 0 aromatic carbocycles. The highest BCUT2D eigenvalue weighted by Gasteiger charge is 2.16. The smallest absolute Gasteiger partial charge is 0.213 e. The topological polar surface area (TPSA) is 75.1 Å². The molecule has 0 aliphatic carbocycles. The molecule has 0 amide bonds. The van der Waals surface area contributed by atoms with Crippen LogP contribution < -0.4 is 9.84 Å². The number of thiazole rings is 1. The van der Waals surface area contributed by atoms with Crippen LogP contribution in [0.4, 0.5) is 0 Å². The Morgan fingerprint density at radius 2 is 2.04 bits per heavy atom. The number of pyridine rings is 1. The highest BCUT2D eigenvalue weighted by atomic mass is 32.1. The van der Waals surface area contributed by atoms with Gasteiger partial charge < -0.3 is 14.6 Å². The fourth-order valence-electron chi connectivity index (χ4n) is 2.35. The van der Waals surface area contributed by atoms with Crippen molar-refractivity contribution < 1.29 is 14.6 Å². The highest BCUT2D eigenvalue weighted by molar-refractivity contribution is 7.17. The van der Waals surface area contributed by atoms with E-state index in [9.17, 15) is 9.90 Å². The van der Waals surface area contributed by atoms with Gasteiger partial charge in [0.15, 0.2) is 0 Å². The minimum Gasteiger partial charge on any atom is -0.550 e. The van der Waals surface area contributed by atoms with Crippen LogP contribution in [0.25, 0.3) is 21.1 Å². The second kappa shape index (κ2) is 7.76. The summed E-state index contributed by atoms with van der Waals surface area (Å²) in [5.41, 5.74) is 1.56. The summed E-state index contributed by atoms with van der Waals surface area (Å²) in [6, 6.07) is 7.73. The Morgan fingerprint density at radius 1 is 1.20 bits per heavy atom. The number of carbonyl (C=O) groups excluding carboxylic acids is 1. The lowest BCUT2D eigenvalue weighted by atomic mass is 10.2. The molecule has 0 saturated carbocycles. The summed E-state index contributed by atoms with van der Waals surface area (Å²) in [5.74, 6) is -0.544. The number of aryl methyl sites for hydroxylation is 1. The van der Waals surface area contributed by atoms with Crippen LogP contribution in [-0.4, -0.2) is 22.5 Å². The van der Waals surface area contributed by atoms with Crippen LogP contribution in [0.5, 0.6) is 5.88 Å². The Labute approximate surface area is 154 Å². The third-order valence-corrected chi connectivity index (χ3v) is 5.86. The van der Waals surface area contributed by atoms with E-state index in [0.29, 0.717) is 17.4 Å². The van der Waals surface area contributed by atoms with Crippen molar-refractivity contribution in [2.24, 2.45) is 0 Å². The molecule has 0 unspecified atom stereocenters. The molecule has 3 aromatic heterocycles. The molecule has 0 spiro atoms. The second-order valence-electron chi connectivity index (χ2n) is 5.28. The van der Waals surface area contributed by atoms with Crippen LogP contribution in [0.15, 0.2) is 30.5 Å². The lowest BCUT2D eigenvalue weighted by Crippen LogP contribution is -2.24. The van der Waals surface area contributed by atoms with Gasteiger partial charge in [-0.3, -0.25) is 0 Å². The van der Waals surface area contributed by atoms with Crippen molar-refractivity contribution in [3.63, 3.8) is 0 Å². The first-order chi connectivity index (χ1) is 12.1. The van der Waals surface area contributed by atoms with Crippen molar-refractivity contribution in [1.82, 2.24) is 9.97 Å². The minimum atomic E-state index is -1.10. The Hall–Kier alpha value is -2.25. The number of carboxylic acid groups (broad SMARTS) is 1. The average Bonchev–Trinajstić information content (AvgIpc) is 3.22. The van der Waals surface area contributed by atoms with Gasteiger partial charge in [-0.05, 0) is 31.5 Å². The van der Waals surface area contributed by atoms with Crippen molar-refractivity contribution in [2.75, 3.05) is 6.61 Å². The average molecular weight is 373 g/mol. The number of aliphatic carboxylic acids is 1. The van der Waals surface area contributed by atoms with Crippen LogP contribution in [0, 0.1) is 0 Å². The van der Waals surface area contributed by atoms with E-state index in [1.807, 2.05) is 19.1 Å². The third-order valence-electron chi connectivity index (χ3n) is 3.52. The van der Waals surface area contributed by atoms with Gasteiger partial charge in [0.05, 0.1) is 17.2 Å². The van der Waals surface area contributed by atoms with Gasteiger partial charge in [-0.2, -0.15) is 0 Å². The van der Waals surface area contributed by atoms with Gasteiger partial charge in [0, 0.05) is 40.0 Å². The summed E-state index contributed by atoms with van der Waals surface area (Å²) in [5, 5.41) is 11.9. The molecule has 0 aliphatic heterocycles. The Morgan fingerprint density at radius 3 is 2.64 bits per heavy atom. The monoisotopic (exact) mass is 373 g/mol. The maximum absolute atomic E-state index is 11.1. The zero-order valence-corrected chi connectivity index (χ0v) is 15.6. The number of rotatable bonds is 7. The van der Waals surface area contributed by atoms with Crippen molar-refractivity contribution in [1.29, 1.82) is 0 Å². The zero-order chi connectivity index (χ0) is 17.8. The van der Waals surface area contributed by atoms with E-state index in [-0.39, 0.29) is 6.42 Å². The van der Waals surface area contributed by atoms with Crippen molar-refractivity contribution >= 4 is 28.6 Å². The number of carbonyl (C=O) groups is 1. The lowest BCUT2D eigenvalue weighted by Gasteiger charge is -2.01. The number of nitrogens with zero attached hydrogens (tertiary/aromatic N) is 2. The fourth-order valence-corrected chi connectivity index (χ4v) is 4.43. The summed E-state index contributed by atoms with van der Waals surface area (Å²) in [6.45, 7) is 4.55. The molecule has 0 atom stereocenters. The lowest BCUT2D eigenvalue weighted by molar-refractivity contribution is -0.304. The first-order valence-corrected chi connectivity index (χ1v) is 9.61. The van der Waals surface area contributed by atoms with Crippen molar-refractivity contribution in [3.05, 3.63) is 40.2 Å². The molecule has 0 bridgehead atoms. The van der Waals surface area contributed by atoms with E-state index in [0.717, 1.165) is 27.6 Å². The molecule has 7 heteroatoms. The molecule has 3 aromatic rings. The molecule has 0 fully saturated rings. The van der Waals surface area contributed by atoms with Crippen LogP contribution in [0.1, 0.15) is 23.6 Å². The summed E-state index contributed by atoms with van der Waals surface area (Å²) in [6.07, 6.45) is 2.50. The molecule has 0 radical (unpaired) electrons. The Kier molecular flexibility index (Phi) is 5.45. The van der Waals surface area contributed by atoms with Gasteiger partial charge in [0.1, 0.15) is 5.01 Å². The Balaban J connectivity index is 1.98. The molecular formula is C18H17N2O3S2-. The second-order valence-corrected chi connectivity index (χ2v) is 7.53. The quantitative estimate of drug-likeness (QED) is 0.636. The summed E-state index contributed by atoms with van der Waals surface area (Å²) >= 11 is 3.01. The van der Waals surface area contributed by atoms with Crippen LogP contribution >= 0.6 is 22.7 Å². The predicted molar refractivity (Wildman–Crippen MR) is 97.9 cm³/mol. The van der Waals surface area contributed by atoms with Gasteiger partial charge >= 0.3 is 0 Å². The van der Waals surface area contributed by atoms with E-state index in [1.165, 1.54) is 16.2 Å². The molecule has 25 heavy (non-hydrogen) atoms. The van der Waals surface area contributed by atoms with E-state index in [4.69, 9.17) is 4.74 Å². The van der Waals surface area contributed by atoms with E-state index in [2.05, 4.69) is 23.0 Å². The van der Waals surface area contributed by atoms with Crippen molar-refractivity contribution in [3.8, 4) is 27.0 Å². The maximum atomic E-state index is 11.1. The van der Waals surface area contributed by atoms with Gasteiger partial charge in [0.2, 0.25) is 5.88 Å². The van der Waals surface area contributed by atoms with Gasteiger partial charge in [-0.15, -0.1) is 22.7 Å². The highest BCUT2D eigenvalue weighted by Crippen LogP contribution is 2.37. The Bertz CT molecular complexity index is 869. The molecule has 3 heterocycles. The first kappa shape index (κ1) is 17.6. The number of hydrogen-bond acceptors (Lipinski definition) is 7. The molecule has 0 saturated heterocycles. The summed E-state index contributed by atoms with van der Waals surface area (Å²) in [7, 11) is 0. The maximum Gasteiger partial charge on any atom is 0.213 e. The van der Waals surface area contributed by atoms with E-state index >= 15 is 0 Å². The minimum absolute atomic E-state index is 0.142. The summed E-state index contributed by atoms with van der Waals surface area (Å²) in [4.78, 5) is 23.0. The molecule has 3 rings (SSSR count). The molecule has 0 N–H and O–H groups in total. The number of ether oxygens (including phenoxy) is 1. The third kappa shape index (κ3) is 4.05. The molecular weight excluding hydrogens is 356 g/mol. The van der Waals surface area contributed by atoms with E-state index < -0.39 is 5.97 Å². The SMILES string of the molecule is CCOc1ccc(-c2nc(-c3ccc(CC)s3)c(CC(=O)[O-])s2)cn1. The molecule has 0 aliphatic rings. The summed E-state index contributed by atoms with van der Waals surface area (Å²) < 4.78 is 5.35. The first-order valence-electron chi connectivity index (χ1n) is 7.98. The normalized spacial score (nSPS) is 10.8. The van der Waals surface area contributed by atoms with Crippen LogP contribution in [0.2, 0.25) is 0 Å². The van der Waals surface area contributed by atoms with Gasteiger partial charge in [-0.25, -0.2) is 9.97 Å². The number of aromatic nitrogens is 2. The van der Waals surface area contributed by atoms with Crippen LogP contribution in [0.3, 0.4) is 0 Å².